The minimum Gasteiger partial charge on any atom is -0.350 e. The van der Waals surface area contributed by atoms with E-state index in [-0.39, 0.29) is 132 Å². The Balaban J connectivity index is 0.000000365. The zero-order valence-corrected chi connectivity index (χ0v) is 63.7. The molecule has 0 saturated carbocycles. The Bertz CT molecular complexity index is 4030. The van der Waals surface area contributed by atoms with Crippen LogP contribution in [-0.2, 0) is 162 Å². The van der Waals surface area contributed by atoms with E-state index in [0.29, 0.717) is 11.4 Å². The fourth-order valence-corrected chi connectivity index (χ4v) is 7.98. The van der Waals surface area contributed by atoms with Crippen molar-refractivity contribution in [1.82, 2.24) is 57.3 Å². The summed E-state index contributed by atoms with van der Waals surface area (Å²) >= 11 is 0. The second-order valence-corrected chi connectivity index (χ2v) is 19.0. The van der Waals surface area contributed by atoms with Gasteiger partial charge in [-0.3, -0.25) is 47.5 Å². The molecule has 6 heterocycles. The standard InChI is InChI=1S/C16H13N2.C11H9F2N2.C11H11N2.C10H7F2N2.2C10H9N2.6Ir/c1-3-7-14(8-4-1)11-18-12-16(17-13-18)15-9-5-2-6-10-15;1-7-11(14-6-15(7)2)9-4-3-8(12)5-10(9)13;1-9-11(12-8-13(9)2)10-6-4-3-5-7-10;1-14-5-10(13-6-14)8-3-2-7(11)4-9(8)12;2*1-12-7-10(11-8-12)9-5-3-2-4-6-9;;;;;;/h1-9,12-13H,11H2;3,5-6H,1-2H3;3-6,8H,1-2H3;2,4-6H,1H3;2*2-5,7-8H,1H3;;;;;;/q6*-1;;;;;;. The van der Waals surface area contributed by atoms with Gasteiger partial charge in [0.25, 0.3) is 0 Å². The molecule has 0 spiro atoms. The SMILES string of the molecule is Cc1c(-c2[c-]cc(F)cc2F)ncn1C.Cc1c(-c2[c-]cccc2)ncn1C.Cn1cnc(-c2[c-]cc(F)cc2F)c1.Cn1cnc(-c2[c-]cccc2)c1.Cn1cnc(-c2[c-]cccc2)c1.[Ir].[Ir].[Ir].[Ir].[Ir].[Ir].[c-]1ccccc1-c1cn(Cc2ccccc2)cn1. The van der Waals surface area contributed by atoms with Crippen molar-refractivity contribution in [2.24, 2.45) is 35.2 Å². The van der Waals surface area contributed by atoms with Crippen LogP contribution in [0.15, 0.2) is 214 Å². The smallest absolute Gasteiger partial charge is 0.0840 e. The van der Waals surface area contributed by atoms with Gasteiger partial charge in [0.15, 0.2) is 0 Å². The molecule has 0 N–H and O–H groups in total. The third-order valence-corrected chi connectivity index (χ3v) is 12.5. The number of rotatable bonds is 8. The molecule has 0 bridgehead atoms. The van der Waals surface area contributed by atoms with Crippen molar-refractivity contribution >= 4 is 0 Å². The topological polar surface area (TPSA) is 107 Å². The quantitative estimate of drug-likeness (QED) is 0.111. The third kappa shape index (κ3) is 23.6. The number of hydrogen-bond donors (Lipinski definition) is 0. The number of aromatic nitrogens is 12. The van der Waals surface area contributed by atoms with E-state index in [1.807, 2.05) is 177 Å². The maximum absolute atomic E-state index is 13.4. The van der Waals surface area contributed by atoms with Gasteiger partial charge in [0.05, 0.1) is 38.0 Å². The number of benzene rings is 7. The summed E-state index contributed by atoms with van der Waals surface area (Å²) in [5.41, 5.74) is 12.7. The summed E-state index contributed by atoms with van der Waals surface area (Å²) in [6.45, 7) is 4.73. The molecule has 0 aliphatic carbocycles. The number of nitrogens with zero attached hydrogens (tertiary/aromatic N) is 12. The molecule has 478 valence electrons. The van der Waals surface area contributed by atoms with Crippen LogP contribution in [0.3, 0.4) is 0 Å². The van der Waals surface area contributed by atoms with E-state index in [4.69, 9.17) is 0 Å². The van der Waals surface area contributed by atoms with Gasteiger partial charge >= 0.3 is 0 Å². The fourth-order valence-electron chi connectivity index (χ4n) is 7.98. The molecule has 7 aromatic carbocycles. The number of hydrogen-bond acceptors (Lipinski definition) is 6. The Labute approximate surface area is 603 Å². The second kappa shape index (κ2) is 40.3. The Morgan fingerprint density at radius 2 is 0.733 bits per heavy atom. The molecule has 0 fully saturated rings. The molecular weight excluding hydrogens is 2210 g/mol. The van der Waals surface area contributed by atoms with Crippen molar-refractivity contribution in [3.63, 3.8) is 0 Å². The van der Waals surface area contributed by atoms with Crippen molar-refractivity contribution in [1.29, 1.82) is 0 Å². The summed E-state index contributed by atoms with van der Waals surface area (Å²) < 4.78 is 63.3. The molecule has 0 saturated heterocycles. The first-order chi connectivity index (χ1) is 40.7. The van der Waals surface area contributed by atoms with E-state index in [1.165, 1.54) is 11.3 Å². The number of aryl methyl sites for hydroxylation is 5. The van der Waals surface area contributed by atoms with Crippen molar-refractivity contribution in [3.05, 3.63) is 291 Å². The van der Waals surface area contributed by atoms with Crippen LogP contribution in [0, 0.1) is 73.5 Å². The van der Waals surface area contributed by atoms with E-state index in [9.17, 15) is 17.6 Å². The van der Waals surface area contributed by atoms with E-state index in [0.717, 1.165) is 81.5 Å². The molecule has 22 heteroatoms. The van der Waals surface area contributed by atoms with Gasteiger partial charge in [0.1, 0.15) is 0 Å². The average Bonchev–Trinajstić information content (AvgIpc) is 4.18. The minimum absolute atomic E-state index is 0. The maximum atomic E-state index is 13.4. The summed E-state index contributed by atoms with van der Waals surface area (Å²) in [6.07, 6.45) is 18.1. The third-order valence-electron chi connectivity index (χ3n) is 12.5. The Morgan fingerprint density at radius 1 is 0.367 bits per heavy atom. The summed E-state index contributed by atoms with van der Waals surface area (Å²) in [7, 11) is 9.50. The van der Waals surface area contributed by atoms with E-state index in [2.05, 4.69) is 108 Å². The molecule has 0 aliphatic heterocycles. The van der Waals surface area contributed by atoms with Crippen molar-refractivity contribution in [2.75, 3.05) is 0 Å². The summed E-state index contributed by atoms with van der Waals surface area (Å²) in [5.74, 6) is -2.56. The molecule has 0 unspecified atom stereocenters. The van der Waals surface area contributed by atoms with Gasteiger partial charge in [-0.15, -0.1) is 168 Å². The number of halogens is 4. The average molecular weight is 2270 g/mol. The summed E-state index contributed by atoms with van der Waals surface area (Å²) in [4.78, 5) is 25.2. The second-order valence-electron chi connectivity index (χ2n) is 19.0. The van der Waals surface area contributed by atoms with Crippen LogP contribution < -0.4 is 0 Å². The molecule has 0 atom stereocenters. The summed E-state index contributed by atoms with van der Waals surface area (Å²) in [5, 5.41) is 0. The first kappa shape index (κ1) is 79.5. The van der Waals surface area contributed by atoms with Crippen molar-refractivity contribution in [2.45, 2.75) is 20.4 Å². The van der Waals surface area contributed by atoms with Crippen LogP contribution in [0.5, 0.6) is 0 Å². The van der Waals surface area contributed by atoms with Gasteiger partial charge < -0.3 is 27.4 Å². The molecule has 13 rings (SSSR count). The Morgan fingerprint density at radius 3 is 1.10 bits per heavy atom. The first-order valence-corrected chi connectivity index (χ1v) is 26.3. The van der Waals surface area contributed by atoms with Gasteiger partial charge in [-0.25, -0.2) is 0 Å². The van der Waals surface area contributed by atoms with Crippen LogP contribution in [0.2, 0.25) is 0 Å². The van der Waals surface area contributed by atoms with Crippen LogP contribution in [0.4, 0.5) is 17.6 Å². The van der Waals surface area contributed by atoms with E-state index >= 15 is 0 Å². The first-order valence-electron chi connectivity index (χ1n) is 26.3. The Kier molecular flexibility index (Phi) is 35.6. The predicted molar refractivity (Wildman–Crippen MR) is 319 cm³/mol. The molecule has 0 aliphatic rings. The van der Waals surface area contributed by atoms with E-state index in [1.54, 1.807) is 47.7 Å². The molecular formula is C68H58F4Ir6N12-6. The molecule has 13 aromatic rings. The molecule has 12 nitrogen and oxygen atoms in total. The molecule has 90 heavy (non-hydrogen) atoms. The minimum atomic E-state index is -0.649. The van der Waals surface area contributed by atoms with Crippen molar-refractivity contribution < 1.29 is 138 Å². The van der Waals surface area contributed by atoms with Crippen LogP contribution in [0.25, 0.3) is 67.5 Å². The molecule has 0 amide bonds. The van der Waals surface area contributed by atoms with Crippen LogP contribution >= 0.6 is 0 Å². The zero-order valence-electron chi connectivity index (χ0n) is 49.3. The van der Waals surface area contributed by atoms with Crippen molar-refractivity contribution in [3.8, 4) is 67.5 Å². The number of imidazole rings is 6. The van der Waals surface area contributed by atoms with Gasteiger partial charge in [-0.2, -0.15) is 0 Å². The van der Waals surface area contributed by atoms with Gasteiger partial charge in [-0.05, 0) is 55.6 Å². The largest absolute Gasteiger partial charge is 0.350 e. The molecule has 6 radical (unpaired) electrons. The fraction of sp³-hybridized carbons (Fsp3) is 0.118. The molecule has 6 aromatic heterocycles. The monoisotopic (exact) mass is 2280 g/mol. The maximum Gasteiger partial charge on any atom is 0.0840 e. The summed E-state index contributed by atoms with van der Waals surface area (Å²) in [6, 6.07) is 63.3. The van der Waals surface area contributed by atoms with Gasteiger partial charge in [-0.1, -0.05) is 53.6 Å². The van der Waals surface area contributed by atoms with Crippen LogP contribution in [0.1, 0.15) is 17.0 Å². The predicted octanol–water partition coefficient (Wildman–Crippen LogP) is 14.0. The van der Waals surface area contributed by atoms with Gasteiger partial charge in [0, 0.05) is 220 Å². The van der Waals surface area contributed by atoms with Gasteiger partial charge in [0.2, 0.25) is 0 Å². The zero-order chi connectivity index (χ0) is 59.4. The Hall–Kier alpha value is -6.58. The normalized spacial score (nSPS) is 9.68. The van der Waals surface area contributed by atoms with Crippen LogP contribution in [-0.4, -0.2) is 57.3 Å². The van der Waals surface area contributed by atoms with E-state index < -0.39 is 23.3 Å².